The quantitative estimate of drug-likeness (QED) is 0.480. The number of aryl methyl sites for hydroxylation is 1. The number of nitrogens with zero attached hydrogens (tertiary/aromatic N) is 1. The summed E-state index contributed by atoms with van der Waals surface area (Å²) in [6.45, 7) is 4.84. The molecule has 0 amide bonds. The highest BCUT2D eigenvalue weighted by atomic mass is 16.3. The highest BCUT2D eigenvalue weighted by molar-refractivity contribution is 6.12. The molecular weight excluding hydrogens is 202 g/mol. The van der Waals surface area contributed by atoms with E-state index in [-0.39, 0.29) is 17.1 Å². The Morgan fingerprint density at radius 3 is 2.56 bits per heavy atom. The first kappa shape index (κ1) is 12.2. The van der Waals surface area contributed by atoms with Crippen LogP contribution in [0.25, 0.3) is 0 Å². The van der Waals surface area contributed by atoms with E-state index in [1.54, 1.807) is 0 Å². The maximum atomic E-state index is 11.2. The van der Waals surface area contributed by atoms with Crippen molar-refractivity contribution < 1.29 is 9.90 Å². The number of ketones is 1. The largest absolute Gasteiger partial charge is 0.512 e. The zero-order chi connectivity index (χ0) is 12.1. The molecular formula is C13H15NO2. The Morgan fingerprint density at radius 2 is 2.06 bits per heavy atom. The van der Waals surface area contributed by atoms with E-state index in [0.29, 0.717) is 0 Å². The van der Waals surface area contributed by atoms with Crippen LogP contribution in [-0.4, -0.2) is 17.1 Å². The Kier molecular flexibility index (Phi) is 4.00. The van der Waals surface area contributed by atoms with Gasteiger partial charge in [0.2, 0.25) is 0 Å². The van der Waals surface area contributed by atoms with E-state index in [1.807, 2.05) is 31.2 Å². The number of aliphatic hydroxyl groups is 1. The second-order valence-electron chi connectivity index (χ2n) is 3.65. The molecule has 0 atom stereocenters. The zero-order valence-corrected chi connectivity index (χ0v) is 9.69. The summed E-state index contributed by atoms with van der Waals surface area (Å²) < 4.78 is 0. The van der Waals surface area contributed by atoms with Crippen LogP contribution in [0.1, 0.15) is 19.4 Å². The van der Waals surface area contributed by atoms with Crippen molar-refractivity contribution in [2.75, 3.05) is 0 Å². The fraction of sp³-hybridized carbons (Fsp3) is 0.231. The van der Waals surface area contributed by atoms with Crippen molar-refractivity contribution in [1.29, 1.82) is 0 Å². The Bertz CT molecular complexity index is 455. The summed E-state index contributed by atoms with van der Waals surface area (Å²) in [5, 5.41) is 9.28. The van der Waals surface area contributed by atoms with Crippen molar-refractivity contribution in [1.82, 2.24) is 0 Å². The highest BCUT2D eigenvalue weighted by Crippen LogP contribution is 2.13. The van der Waals surface area contributed by atoms with Crippen molar-refractivity contribution in [3.8, 4) is 0 Å². The van der Waals surface area contributed by atoms with Crippen LogP contribution in [0.4, 0.5) is 5.69 Å². The average molecular weight is 217 g/mol. The minimum atomic E-state index is -0.198. The summed E-state index contributed by atoms with van der Waals surface area (Å²) in [7, 11) is 0. The Morgan fingerprint density at radius 1 is 1.38 bits per heavy atom. The molecule has 1 N–H and O–H groups in total. The van der Waals surface area contributed by atoms with Crippen molar-refractivity contribution in [2.45, 2.75) is 20.8 Å². The van der Waals surface area contributed by atoms with E-state index < -0.39 is 0 Å². The van der Waals surface area contributed by atoms with Crippen LogP contribution in [0.3, 0.4) is 0 Å². The van der Waals surface area contributed by atoms with Crippen LogP contribution in [0.2, 0.25) is 0 Å². The van der Waals surface area contributed by atoms with Gasteiger partial charge in [0.25, 0.3) is 0 Å². The molecule has 0 saturated carbocycles. The number of aliphatic hydroxyl groups excluding tert-OH is 1. The number of rotatable bonds is 3. The fourth-order valence-corrected chi connectivity index (χ4v) is 1.29. The summed E-state index contributed by atoms with van der Waals surface area (Å²) in [5.41, 5.74) is 2.10. The van der Waals surface area contributed by atoms with Crippen molar-refractivity contribution in [2.24, 2.45) is 4.99 Å². The molecule has 0 saturated heterocycles. The van der Waals surface area contributed by atoms with Crippen molar-refractivity contribution in [3.63, 3.8) is 0 Å². The number of carbonyl (C=O) groups excluding carboxylic acids is 1. The third-order valence-electron chi connectivity index (χ3n) is 2.11. The lowest BCUT2D eigenvalue weighted by atomic mass is 10.2. The molecule has 0 aliphatic carbocycles. The van der Waals surface area contributed by atoms with Crippen LogP contribution < -0.4 is 0 Å². The summed E-state index contributed by atoms with van der Waals surface area (Å²) in [6, 6.07) is 7.61. The monoisotopic (exact) mass is 217 g/mol. The highest BCUT2D eigenvalue weighted by Gasteiger charge is 2.04. The first-order valence-corrected chi connectivity index (χ1v) is 5.02. The molecule has 0 aliphatic heterocycles. The second kappa shape index (κ2) is 5.26. The standard InChI is InChI=1S/C13H15NO2/c1-9-5-4-6-12(7-9)14-8-13(10(2)15)11(3)16/h4-8,15H,1-3H3/b13-10-,14-8?. The van der Waals surface area contributed by atoms with Gasteiger partial charge in [-0.2, -0.15) is 0 Å². The van der Waals surface area contributed by atoms with Gasteiger partial charge in [-0.05, 0) is 38.5 Å². The molecule has 0 radical (unpaired) electrons. The van der Waals surface area contributed by atoms with E-state index in [1.165, 1.54) is 20.1 Å². The number of carbonyl (C=O) groups is 1. The predicted molar refractivity (Wildman–Crippen MR) is 65.3 cm³/mol. The van der Waals surface area contributed by atoms with Gasteiger partial charge in [0.05, 0.1) is 11.3 Å². The molecule has 0 bridgehead atoms. The summed E-state index contributed by atoms with van der Waals surface area (Å²) in [6.07, 6.45) is 1.40. The summed E-state index contributed by atoms with van der Waals surface area (Å²) in [4.78, 5) is 15.3. The minimum absolute atomic E-state index is 0.0103. The predicted octanol–water partition coefficient (Wildman–Crippen LogP) is 3.12. The maximum absolute atomic E-state index is 11.2. The molecule has 0 aliphatic rings. The smallest absolute Gasteiger partial charge is 0.164 e. The first-order chi connectivity index (χ1) is 7.50. The molecule has 0 fully saturated rings. The lowest BCUT2D eigenvalue weighted by Crippen LogP contribution is -2.01. The average Bonchev–Trinajstić information content (AvgIpc) is 2.16. The third-order valence-corrected chi connectivity index (χ3v) is 2.11. The van der Waals surface area contributed by atoms with E-state index >= 15 is 0 Å². The van der Waals surface area contributed by atoms with Gasteiger partial charge in [0, 0.05) is 6.21 Å². The normalized spacial score (nSPS) is 12.7. The van der Waals surface area contributed by atoms with E-state index in [9.17, 15) is 9.90 Å². The zero-order valence-electron chi connectivity index (χ0n) is 9.69. The molecule has 3 heteroatoms. The van der Waals surface area contributed by atoms with E-state index in [2.05, 4.69) is 4.99 Å². The Labute approximate surface area is 95.1 Å². The summed E-state index contributed by atoms with van der Waals surface area (Å²) in [5.74, 6) is -0.208. The topological polar surface area (TPSA) is 49.7 Å². The number of benzene rings is 1. The lowest BCUT2D eigenvalue weighted by Gasteiger charge is -1.98. The molecule has 0 unspecified atom stereocenters. The Hall–Kier alpha value is -1.90. The van der Waals surface area contributed by atoms with E-state index in [0.717, 1.165) is 11.3 Å². The Balaban J connectivity index is 2.96. The van der Waals surface area contributed by atoms with Gasteiger partial charge in [-0.15, -0.1) is 0 Å². The van der Waals surface area contributed by atoms with E-state index in [4.69, 9.17) is 0 Å². The van der Waals surface area contributed by atoms with Crippen molar-refractivity contribution in [3.05, 3.63) is 41.2 Å². The SMILES string of the molecule is CC(=O)/C(C=Nc1cccc(C)c1)=C(/C)O. The lowest BCUT2D eigenvalue weighted by molar-refractivity contribution is -0.113. The van der Waals surface area contributed by atoms with Crippen LogP contribution in [0.5, 0.6) is 0 Å². The van der Waals surface area contributed by atoms with Crippen LogP contribution >= 0.6 is 0 Å². The second-order valence-corrected chi connectivity index (χ2v) is 3.65. The first-order valence-electron chi connectivity index (χ1n) is 5.02. The summed E-state index contributed by atoms with van der Waals surface area (Å²) >= 11 is 0. The van der Waals surface area contributed by atoms with Gasteiger partial charge < -0.3 is 5.11 Å². The van der Waals surface area contributed by atoms with Gasteiger partial charge in [0.1, 0.15) is 5.76 Å². The van der Waals surface area contributed by atoms with Gasteiger partial charge in [-0.3, -0.25) is 9.79 Å². The van der Waals surface area contributed by atoms with Gasteiger partial charge in [-0.1, -0.05) is 12.1 Å². The van der Waals surface area contributed by atoms with Gasteiger partial charge >= 0.3 is 0 Å². The van der Waals surface area contributed by atoms with Crippen LogP contribution in [0, 0.1) is 6.92 Å². The number of allylic oxidation sites excluding steroid dienone is 2. The minimum Gasteiger partial charge on any atom is -0.512 e. The molecule has 1 aromatic carbocycles. The fourth-order valence-electron chi connectivity index (χ4n) is 1.29. The molecule has 1 rings (SSSR count). The maximum Gasteiger partial charge on any atom is 0.164 e. The van der Waals surface area contributed by atoms with Crippen molar-refractivity contribution >= 4 is 17.7 Å². The molecule has 3 nitrogen and oxygen atoms in total. The number of hydrogen-bond acceptors (Lipinski definition) is 3. The molecule has 0 spiro atoms. The number of hydrogen-bond donors (Lipinski definition) is 1. The third kappa shape index (κ3) is 3.35. The molecule has 0 heterocycles. The number of aliphatic imine (C=N–C) groups is 1. The van der Waals surface area contributed by atoms with Gasteiger partial charge in [0.15, 0.2) is 5.78 Å². The van der Waals surface area contributed by atoms with Gasteiger partial charge in [-0.25, -0.2) is 0 Å². The molecule has 1 aromatic rings. The molecule has 84 valence electrons. The number of Topliss-reactive ketones (excluding diaryl/α,β-unsaturated/α-hetero) is 1. The molecule has 0 aromatic heterocycles. The molecule has 16 heavy (non-hydrogen) atoms. The van der Waals surface area contributed by atoms with Crippen LogP contribution in [0.15, 0.2) is 40.6 Å². The van der Waals surface area contributed by atoms with Crippen LogP contribution in [-0.2, 0) is 4.79 Å².